The fourth-order valence-electron chi connectivity index (χ4n) is 1.95. The van der Waals surface area contributed by atoms with Gasteiger partial charge in [0.2, 0.25) is 0 Å². The third kappa shape index (κ3) is 5.70. The van der Waals surface area contributed by atoms with Crippen LogP contribution in [-0.4, -0.2) is 35.9 Å². The van der Waals surface area contributed by atoms with Crippen LogP contribution in [0.2, 0.25) is 0 Å². The summed E-state index contributed by atoms with van der Waals surface area (Å²) in [4.78, 5) is 20.4. The molecule has 1 aliphatic carbocycles. The van der Waals surface area contributed by atoms with Crippen molar-refractivity contribution >= 4 is 11.9 Å². The normalized spacial score (nSPS) is 27.1. The third-order valence-electron chi connectivity index (χ3n) is 3.09. The number of aliphatic carboxylic acids is 1. The van der Waals surface area contributed by atoms with Crippen LogP contribution in [0.25, 0.3) is 0 Å². The minimum Gasteiger partial charge on any atom is -0.478 e. The molecule has 0 aromatic carbocycles. The van der Waals surface area contributed by atoms with Gasteiger partial charge in [-0.05, 0) is 32.1 Å². The number of epoxide rings is 1. The summed E-state index contributed by atoms with van der Waals surface area (Å²) in [5.74, 6) is -0.768. The van der Waals surface area contributed by atoms with Gasteiger partial charge in [-0.2, -0.15) is 0 Å². The molecule has 2 fully saturated rings. The van der Waals surface area contributed by atoms with Crippen LogP contribution in [0.4, 0.5) is 0 Å². The first-order valence-electron chi connectivity index (χ1n) is 6.27. The number of hydrogen-bond acceptors (Lipinski definition) is 4. The van der Waals surface area contributed by atoms with Gasteiger partial charge in [0.15, 0.2) is 0 Å². The van der Waals surface area contributed by atoms with Crippen molar-refractivity contribution in [2.75, 3.05) is 6.61 Å². The molecule has 19 heavy (non-hydrogen) atoms. The van der Waals surface area contributed by atoms with E-state index in [-0.39, 0.29) is 5.97 Å². The molecule has 0 aromatic heterocycles. The number of fused-ring (bicyclic) bond motifs is 1. The number of esters is 1. The smallest absolute Gasteiger partial charge is 0.333 e. The molecular weight excluding hydrogens is 248 g/mol. The van der Waals surface area contributed by atoms with Crippen LogP contribution in [0.1, 0.15) is 26.2 Å². The predicted molar refractivity (Wildman–Crippen MR) is 69.6 cm³/mol. The van der Waals surface area contributed by atoms with Crippen molar-refractivity contribution < 1.29 is 24.2 Å². The lowest BCUT2D eigenvalue weighted by Crippen LogP contribution is -2.20. The standard InChI is InChI=1S/C11H16O3.C3H4O2/c1-7(2)11(12)13-6-8-3-4-9-10(5-8)14-9;1-2-3(4)5/h8-10H,1,3-6H2,2H3;2H,1H2,(H,4,5). The third-order valence-corrected chi connectivity index (χ3v) is 3.09. The first kappa shape index (κ1) is 15.4. The van der Waals surface area contributed by atoms with Crippen LogP contribution in [0.3, 0.4) is 0 Å². The monoisotopic (exact) mass is 268 g/mol. The summed E-state index contributed by atoms with van der Waals surface area (Å²) in [5, 5.41) is 7.60. The summed E-state index contributed by atoms with van der Waals surface area (Å²) >= 11 is 0. The van der Waals surface area contributed by atoms with Gasteiger partial charge in [-0.25, -0.2) is 9.59 Å². The van der Waals surface area contributed by atoms with Crippen LogP contribution >= 0.6 is 0 Å². The maximum absolute atomic E-state index is 11.1. The van der Waals surface area contributed by atoms with Crippen LogP contribution < -0.4 is 0 Å². The van der Waals surface area contributed by atoms with Crippen molar-refractivity contribution in [3.05, 3.63) is 24.8 Å². The molecule has 1 saturated heterocycles. The molecule has 1 saturated carbocycles. The molecule has 0 bridgehead atoms. The lowest BCUT2D eigenvalue weighted by Gasteiger charge is -2.18. The molecule has 0 aromatic rings. The molecule has 0 spiro atoms. The predicted octanol–water partition coefficient (Wildman–Crippen LogP) is 1.93. The van der Waals surface area contributed by atoms with Crippen molar-refractivity contribution in [1.29, 1.82) is 0 Å². The number of carbonyl (C=O) groups excluding carboxylic acids is 1. The van der Waals surface area contributed by atoms with Crippen LogP contribution in [0.15, 0.2) is 24.8 Å². The Labute approximate surface area is 112 Å². The SMILES string of the molecule is C=C(C)C(=O)OCC1CCC2OC2C1.C=CC(=O)O. The van der Waals surface area contributed by atoms with Crippen molar-refractivity contribution in [3.8, 4) is 0 Å². The zero-order chi connectivity index (χ0) is 14.4. The van der Waals surface area contributed by atoms with E-state index in [0.717, 1.165) is 25.3 Å². The highest BCUT2D eigenvalue weighted by Crippen LogP contribution is 2.39. The second-order valence-corrected chi connectivity index (χ2v) is 4.81. The molecule has 1 heterocycles. The summed E-state index contributed by atoms with van der Waals surface area (Å²) in [6.07, 6.45) is 5.10. The fourth-order valence-corrected chi connectivity index (χ4v) is 1.95. The van der Waals surface area contributed by atoms with E-state index in [1.807, 2.05) is 0 Å². The van der Waals surface area contributed by atoms with E-state index in [4.69, 9.17) is 14.6 Å². The number of hydrogen-bond donors (Lipinski definition) is 1. The minimum atomic E-state index is -0.981. The van der Waals surface area contributed by atoms with Crippen LogP contribution in [0.5, 0.6) is 0 Å². The van der Waals surface area contributed by atoms with Crippen molar-refractivity contribution in [2.45, 2.75) is 38.4 Å². The van der Waals surface area contributed by atoms with E-state index in [1.165, 1.54) is 0 Å². The first-order valence-corrected chi connectivity index (χ1v) is 6.27. The Balaban J connectivity index is 0.000000312. The van der Waals surface area contributed by atoms with Gasteiger partial charge in [0, 0.05) is 11.6 Å². The molecule has 1 N–H and O–H groups in total. The first-order chi connectivity index (χ1) is 8.93. The molecule has 0 radical (unpaired) electrons. The van der Waals surface area contributed by atoms with E-state index >= 15 is 0 Å². The quantitative estimate of drug-likeness (QED) is 0.479. The van der Waals surface area contributed by atoms with Crippen molar-refractivity contribution in [2.24, 2.45) is 5.92 Å². The summed E-state index contributed by atoms with van der Waals surface area (Å²) in [6, 6.07) is 0. The van der Waals surface area contributed by atoms with Gasteiger partial charge in [-0.1, -0.05) is 13.2 Å². The Morgan fingerprint density at radius 2 is 2.05 bits per heavy atom. The Morgan fingerprint density at radius 3 is 2.53 bits per heavy atom. The van der Waals surface area contributed by atoms with Gasteiger partial charge >= 0.3 is 11.9 Å². The highest BCUT2D eigenvalue weighted by atomic mass is 16.6. The maximum atomic E-state index is 11.1. The van der Waals surface area contributed by atoms with Crippen molar-refractivity contribution in [3.63, 3.8) is 0 Å². The Hall–Kier alpha value is -1.62. The second-order valence-electron chi connectivity index (χ2n) is 4.81. The molecule has 3 atom stereocenters. The van der Waals surface area contributed by atoms with E-state index < -0.39 is 5.97 Å². The Bertz CT molecular complexity index is 374. The van der Waals surface area contributed by atoms with Gasteiger partial charge in [-0.3, -0.25) is 0 Å². The number of carboxylic acids is 1. The van der Waals surface area contributed by atoms with Gasteiger partial charge < -0.3 is 14.6 Å². The Morgan fingerprint density at radius 1 is 1.42 bits per heavy atom. The molecule has 2 rings (SSSR count). The number of rotatable bonds is 4. The minimum absolute atomic E-state index is 0.274. The molecule has 1 aliphatic heterocycles. The molecule has 5 heteroatoms. The molecule has 2 aliphatic rings. The van der Waals surface area contributed by atoms with E-state index in [9.17, 15) is 9.59 Å². The molecule has 0 amide bonds. The van der Waals surface area contributed by atoms with Gasteiger partial charge in [0.05, 0.1) is 18.8 Å². The summed E-state index contributed by atoms with van der Waals surface area (Å²) in [6.45, 7) is 8.70. The highest BCUT2D eigenvalue weighted by Gasteiger charge is 2.43. The summed E-state index contributed by atoms with van der Waals surface area (Å²) < 4.78 is 10.5. The molecule has 106 valence electrons. The molecule has 3 unspecified atom stereocenters. The summed E-state index contributed by atoms with van der Waals surface area (Å²) in [7, 11) is 0. The topological polar surface area (TPSA) is 76.1 Å². The zero-order valence-electron chi connectivity index (χ0n) is 11.1. The fraction of sp³-hybridized carbons (Fsp3) is 0.571. The van der Waals surface area contributed by atoms with Gasteiger partial charge in [0.25, 0.3) is 0 Å². The average molecular weight is 268 g/mol. The summed E-state index contributed by atoms with van der Waals surface area (Å²) in [5.41, 5.74) is 0.473. The number of ether oxygens (including phenoxy) is 2. The molecular formula is C14H20O5. The van der Waals surface area contributed by atoms with E-state index in [0.29, 0.717) is 30.3 Å². The zero-order valence-corrected chi connectivity index (χ0v) is 11.1. The second kappa shape index (κ2) is 7.09. The van der Waals surface area contributed by atoms with E-state index in [1.54, 1.807) is 6.92 Å². The van der Waals surface area contributed by atoms with Gasteiger partial charge in [0.1, 0.15) is 0 Å². The lowest BCUT2D eigenvalue weighted by molar-refractivity contribution is -0.140. The number of carbonyl (C=O) groups is 2. The maximum Gasteiger partial charge on any atom is 0.333 e. The van der Waals surface area contributed by atoms with Crippen molar-refractivity contribution in [1.82, 2.24) is 0 Å². The van der Waals surface area contributed by atoms with Crippen LogP contribution in [-0.2, 0) is 19.1 Å². The average Bonchev–Trinajstić information content (AvgIpc) is 3.14. The largest absolute Gasteiger partial charge is 0.478 e. The molecule has 5 nitrogen and oxygen atoms in total. The lowest BCUT2D eigenvalue weighted by atomic mass is 9.90. The Kier molecular flexibility index (Phi) is 5.76. The van der Waals surface area contributed by atoms with Gasteiger partial charge in [-0.15, -0.1) is 0 Å². The van der Waals surface area contributed by atoms with E-state index in [2.05, 4.69) is 13.2 Å². The van der Waals surface area contributed by atoms with Crippen LogP contribution in [0, 0.1) is 5.92 Å². The number of carboxylic acid groups (broad SMARTS) is 1. The highest BCUT2D eigenvalue weighted by molar-refractivity contribution is 5.86.